The normalized spacial score (nSPS) is 16.0. The van der Waals surface area contributed by atoms with E-state index in [1.54, 1.807) is 18.2 Å². The van der Waals surface area contributed by atoms with Crippen LogP contribution < -0.4 is 15.5 Å². The Kier molecular flexibility index (Phi) is 7.61. The van der Waals surface area contributed by atoms with E-state index >= 15 is 0 Å². The summed E-state index contributed by atoms with van der Waals surface area (Å²) in [5, 5.41) is 7.01. The number of nitrogens with zero attached hydrogens (tertiary/aromatic N) is 1. The van der Waals surface area contributed by atoms with E-state index in [1.807, 2.05) is 30.3 Å². The van der Waals surface area contributed by atoms with Gasteiger partial charge in [0.1, 0.15) is 12.4 Å². The molecule has 0 bridgehead atoms. The van der Waals surface area contributed by atoms with Crippen LogP contribution in [0.15, 0.2) is 53.6 Å². The van der Waals surface area contributed by atoms with E-state index in [0.29, 0.717) is 36.1 Å². The molecule has 152 valence electrons. The van der Waals surface area contributed by atoms with Crippen molar-refractivity contribution in [3.05, 3.63) is 64.7 Å². The molecule has 1 fully saturated rings. The van der Waals surface area contributed by atoms with Crippen molar-refractivity contribution in [2.75, 3.05) is 13.2 Å². The molecule has 7 nitrogen and oxygen atoms in total. The van der Waals surface area contributed by atoms with Gasteiger partial charge in [-0.1, -0.05) is 41.9 Å². The molecule has 2 N–H and O–H groups in total. The van der Waals surface area contributed by atoms with E-state index in [0.717, 1.165) is 18.4 Å². The molecule has 3 rings (SSSR count). The van der Waals surface area contributed by atoms with Crippen molar-refractivity contribution in [3.8, 4) is 5.75 Å². The van der Waals surface area contributed by atoms with E-state index in [-0.39, 0.29) is 6.10 Å². The summed E-state index contributed by atoms with van der Waals surface area (Å²) in [7, 11) is 0. The highest BCUT2D eigenvalue weighted by molar-refractivity contribution is 6.35. The Morgan fingerprint density at radius 1 is 1.21 bits per heavy atom. The lowest BCUT2D eigenvalue weighted by atomic mass is 10.2. The molecule has 1 saturated heterocycles. The number of hydrogen-bond donors (Lipinski definition) is 2. The standard InChI is InChI=1S/C21H22ClN3O4/c22-19-9-2-1-6-16(19)14-29-17-7-3-5-15(11-17)12-24-25-21(27)20(26)23-13-18-8-4-10-28-18/h1-3,5-7,9,11-12,18H,4,8,10,13-14H2,(H,23,26)(H,25,27)/b24-12-/t18-/m0/s1. The maximum Gasteiger partial charge on any atom is 0.329 e. The van der Waals surface area contributed by atoms with Crippen molar-refractivity contribution in [2.24, 2.45) is 5.10 Å². The summed E-state index contributed by atoms with van der Waals surface area (Å²) in [6.45, 7) is 1.35. The topological polar surface area (TPSA) is 89.0 Å². The van der Waals surface area contributed by atoms with Crippen LogP contribution in [0.2, 0.25) is 5.02 Å². The first-order chi connectivity index (χ1) is 14.1. The zero-order valence-electron chi connectivity index (χ0n) is 15.8. The Hall–Kier alpha value is -2.90. The van der Waals surface area contributed by atoms with Gasteiger partial charge in [0.25, 0.3) is 0 Å². The van der Waals surface area contributed by atoms with Gasteiger partial charge in [-0.05, 0) is 36.6 Å². The maximum atomic E-state index is 11.8. The second kappa shape index (κ2) is 10.6. The first-order valence-electron chi connectivity index (χ1n) is 9.31. The SMILES string of the molecule is O=C(NC[C@@H]1CCCO1)C(=O)N/N=C\c1cccc(OCc2ccccc2Cl)c1. The summed E-state index contributed by atoms with van der Waals surface area (Å²) in [6, 6.07) is 14.6. The Balaban J connectivity index is 1.46. The Morgan fingerprint density at radius 2 is 2.07 bits per heavy atom. The molecule has 0 spiro atoms. The molecule has 1 aliphatic rings. The predicted octanol–water partition coefficient (Wildman–Crippen LogP) is 2.66. The number of carbonyl (C=O) groups excluding carboxylic acids is 2. The van der Waals surface area contributed by atoms with Crippen molar-refractivity contribution < 1.29 is 19.1 Å². The molecule has 1 aliphatic heterocycles. The average molecular weight is 416 g/mol. The number of hydrazone groups is 1. The Labute approximate surface area is 174 Å². The molecular formula is C21H22ClN3O4. The molecule has 2 amide bonds. The summed E-state index contributed by atoms with van der Waals surface area (Å²) in [5.41, 5.74) is 3.80. The highest BCUT2D eigenvalue weighted by Crippen LogP contribution is 2.19. The molecule has 0 unspecified atom stereocenters. The highest BCUT2D eigenvalue weighted by atomic mass is 35.5. The summed E-state index contributed by atoms with van der Waals surface area (Å²) < 4.78 is 11.1. The van der Waals surface area contributed by atoms with Gasteiger partial charge in [0, 0.05) is 23.7 Å². The third-order valence-corrected chi connectivity index (χ3v) is 4.68. The third-order valence-electron chi connectivity index (χ3n) is 4.31. The summed E-state index contributed by atoms with van der Waals surface area (Å²) >= 11 is 6.12. The van der Waals surface area contributed by atoms with Gasteiger partial charge in [0.15, 0.2) is 0 Å². The van der Waals surface area contributed by atoms with Gasteiger partial charge in [-0.25, -0.2) is 5.43 Å². The molecule has 1 heterocycles. The fourth-order valence-corrected chi connectivity index (χ4v) is 2.96. The van der Waals surface area contributed by atoms with Crippen molar-refractivity contribution in [1.82, 2.24) is 10.7 Å². The molecule has 0 aromatic heterocycles. The molecule has 2 aromatic carbocycles. The third kappa shape index (κ3) is 6.58. The van der Waals surface area contributed by atoms with Gasteiger partial charge in [-0.3, -0.25) is 9.59 Å². The van der Waals surface area contributed by atoms with Crippen LogP contribution in [-0.4, -0.2) is 37.3 Å². The van der Waals surface area contributed by atoms with Gasteiger partial charge < -0.3 is 14.8 Å². The fraction of sp³-hybridized carbons (Fsp3) is 0.286. The van der Waals surface area contributed by atoms with Crippen LogP contribution in [-0.2, 0) is 20.9 Å². The number of carbonyl (C=O) groups is 2. The maximum absolute atomic E-state index is 11.8. The van der Waals surface area contributed by atoms with Gasteiger partial charge in [0.05, 0.1) is 12.3 Å². The molecule has 0 aliphatic carbocycles. The quantitative estimate of drug-likeness (QED) is 0.413. The minimum Gasteiger partial charge on any atom is -0.489 e. The summed E-state index contributed by atoms with van der Waals surface area (Å²) in [6.07, 6.45) is 3.27. The molecule has 0 radical (unpaired) electrons. The number of ether oxygens (including phenoxy) is 2. The zero-order chi connectivity index (χ0) is 20.5. The number of rotatable bonds is 7. The lowest BCUT2D eigenvalue weighted by Crippen LogP contribution is -2.41. The molecule has 29 heavy (non-hydrogen) atoms. The molecule has 2 aromatic rings. The fourth-order valence-electron chi connectivity index (χ4n) is 2.77. The Bertz CT molecular complexity index is 882. The van der Waals surface area contributed by atoms with E-state index in [2.05, 4.69) is 15.8 Å². The zero-order valence-corrected chi connectivity index (χ0v) is 16.5. The minimum atomic E-state index is -0.828. The molecular weight excluding hydrogens is 394 g/mol. The van der Waals surface area contributed by atoms with Crippen molar-refractivity contribution >= 4 is 29.6 Å². The van der Waals surface area contributed by atoms with Crippen LogP contribution in [0.1, 0.15) is 24.0 Å². The summed E-state index contributed by atoms with van der Waals surface area (Å²) in [5.74, 6) is -0.936. The van der Waals surface area contributed by atoms with Crippen molar-refractivity contribution in [1.29, 1.82) is 0 Å². The largest absolute Gasteiger partial charge is 0.489 e. The molecule has 1 atom stereocenters. The van der Waals surface area contributed by atoms with Crippen LogP contribution in [0.25, 0.3) is 0 Å². The number of hydrogen-bond acceptors (Lipinski definition) is 5. The number of benzene rings is 2. The number of amides is 2. The monoisotopic (exact) mass is 415 g/mol. The van der Waals surface area contributed by atoms with Crippen LogP contribution in [0, 0.1) is 0 Å². The predicted molar refractivity (Wildman–Crippen MR) is 110 cm³/mol. The van der Waals surface area contributed by atoms with E-state index < -0.39 is 11.8 Å². The second-order valence-electron chi connectivity index (χ2n) is 6.50. The van der Waals surface area contributed by atoms with Crippen LogP contribution >= 0.6 is 11.6 Å². The molecule has 0 saturated carbocycles. The molecule has 8 heteroatoms. The van der Waals surface area contributed by atoms with Crippen LogP contribution in [0.4, 0.5) is 0 Å². The van der Waals surface area contributed by atoms with E-state index in [9.17, 15) is 9.59 Å². The van der Waals surface area contributed by atoms with E-state index in [1.165, 1.54) is 6.21 Å². The highest BCUT2D eigenvalue weighted by Gasteiger charge is 2.18. The smallest absolute Gasteiger partial charge is 0.329 e. The van der Waals surface area contributed by atoms with Gasteiger partial charge >= 0.3 is 11.8 Å². The lowest BCUT2D eigenvalue weighted by Gasteiger charge is -2.09. The average Bonchev–Trinajstić information content (AvgIpc) is 3.25. The van der Waals surface area contributed by atoms with Gasteiger partial charge in [-0.15, -0.1) is 0 Å². The van der Waals surface area contributed by atoms with Crippen LogP contribution in [0.5, 0.6) is 5.75 Å². The van der Waals surface area contributed by atoms with Gasteiger partial charge in [-0.2, -0.15) is 5.10 Å². The number of halogens is 1. The Morgan fingerprint density at radius 3 is 2.86 bits per heavy atom. The minimum absolute atomic E-state index is 0.0243. The summed E-state index contributed by atoms with van der Waals surface area (Å²) in [4.78, 5) is 23.5. The van der Waals surface area contributed by atoms with Crippen LogP contribution in [0.3, 0.4) is 0 Å². The first kappa shape index (κ1) is 20.8. The second-order valence-corrected chi connectivity index (χ2v) is 6.90. The van der Waals surface area contributed by atoms with Crippen molar-refractivity contribution in [3.63, 3.8) is 0 Å². The van der Waals surface area contributed by atoms with Crippen molar-refractivity contribution in [2.45, 2.75) is 25.6 Å². The van der Waals surface area contributed by atoms with E-state index in [4.69, 9.17) is 21.1 Å². The lowest BCUT2D eigenvalue weighted by molar-refractivity contribution is -0.139. The number of nitrogens with one attached hydrogen (secondary N) is 2. The first-order valence-corrected chi connectivity index (χ1v) is 9.69. The van der Waals surface area contributed by atoms with Gasteiger partial charge in [0.2, 0.25) is 0 Å².